The van der Waals surface area contributed by atoms with Gasteiger partial charge in [-0.3, -0.25) is 0 Å². The molecule has 19 heavy (non-hydrogen) atoms. The first kappa shape index (κ1) is 13.8. The van der Waals surface area contributed by atoms with Gasteiger partial charge in [0.1, 0.15) is 0 Å². The van der Waals surface area contributed by atoms with Crippen LogP contribution < -0.4 is 10.2 Å². The highest BCUT2D eigenvalue weighted by atomic mass is 35.5. The van der Waals surface area contributed by atoms with Crippen molar-refractivity contribution in [2.45, 2.75) is 19.4 Å². The smallest absolute Gasteiger partial charge is 0.231 e. The summed E-state index contributed by atoms with van der Waals surface area (Å²) >= 11 is 5.93. The van der Waals surface area contributed by atoms with Crippen LogP contribution in [-0.2, 0) is 4.74 Å². The first-order valence-electron chi connectivity index (χ1n) is 6.13. The predicted molar refractivity (Wildman–Crippen MR) is 74.4 cm³/mol. The Morgan fingerprint density at radius 1 is 1.42 bits per heavy atom. The molecule has 1 aliphatic rings. The highest BCUT2D eigenvalue weighted by molar-refractivity contribution is 6.28. The number of nitrogens with zero attached hydrogens (tertiary/aromatic N) is 4. The van der Waals surface area contributed by atoms with E-state index in [1.165, 1.54) is 0 Å². The van der Waals surface area contributed by atoms with Crippen LogP contribution in [0.2, 0.25) is 5.28 Å². The zero-order chi connectivity index (χ0) is 13.7. The van der Waals surface area contributed by atoms with E-state index in [9.17, 15) is 0 Å². The summed E-state index contributed by atoms with van der Waals surface area (Å²) in [5.41, 5.74) is 0. The SMILES string of the molecule is C#CCC(C)Nc1nc(Cl)nc(N2CCOCC2)n1. The highest BCUT2D eigenvalue weighted by Crippen LogP contribution is 2.15. The predicted octanol–water partition coefficient (Wildman–Crippen LogP) is 1.19. The fraction of sp³-hybridized carbons (Fsp3) is 0.583. The van der Waals surface area contributed by atoms with Gasteiger partial charge in [0.05, 0.1) is 13.2 Å². The number of anilines is 2. The van der Waals surface area contributed by atoms with Crippen LogP contribution in [0.5, 0.6) is 0 Å². The maximum atomic E-state index is 5.93. The fourth-order valence-electron chi connectivity index (χ4n) is 1.76. The van der Waals surface area contributed by atoms with E-state index in [4.69, 9.17) is 22.8 Å². The molecule has 1 N–H and O–H groups in total. The van der Waals surface area contributed by atoms with Crippen molar-refractivity contribution in [2.75, 3.05) is 36.5 Å². The lowest BCUT2D eigenvalue weighted by Gasteiger charge is -2.27. The van der Waals surface area contributed by atoms with Crippen molar-refractivity contribution in [3.8, 4) is 12.3 Å². The van der Waals surface area contributed by atoms with Crippen molar-refractivity contribution in [3.63, 3.8) is 0 Å². The third-order valence-electron chi connectivity index (χ3n) is 2.69. The average molecular weight is 282 g/mol. The number of nitrogens with one attached hydrogen (secondary N) is 1. The zero-order valence-electron chi connectivity index (χ0n) is 10.8. The Kier molecular flexibility index (Phi) is 4.77. The zero-order valence-corrected chi connectivity index (χ0v) is 11.5. The van der Waals surface area contributed by atoms with Gasteiger partial charge in [0.15, 0.2) is 0 Å². The third-order valence-corrected chi connectivity index (χ3v) is 2.86. The minimum atomic E-state index is 0.0843. The van der Waals surface area contributed by atoms with Crippen LogP contribution in [0.1, 0.15) is 13.3 Å². The van der Waals surface area contributed by atoms with E-state index >= 15 is 0 Å². The maximum absolute atomic E-state index is 5.93. The summed E-state index contributed by atoms with van der Waals surface area (Å²) < 4.78 is 5.29. The molecule has 0 aromatic carbocycles. The number of morpholine rings is 1. The Labute approximate surface area is 117 Å². The van der Waals surface area contributed by atoms with E-state index in [-0.39, 0.29) is 11.3 Å². The van der Waals surface area contributed by atoms with Crippen molar-refractivity contribution in [2.24, 2.45) is 0 Å². The van der Waals surface area contributed by atoms with E-state index in [2.05, 4.69) is 26.2 Å². The molecule has 0 spiro atoms. The molecule has 2 heterocycles. The Bertz CT molecular complexity index is 470. The maximum Gasteiger partial charge on any atom is 0.231 e. The van der Waals surface area contributed by atoms with Gasteiger partial charge in [-0.05, 0) is 18.5 Å². The topological polar surface area (TPSA) is 63.2 Å². The van der Waals surface area contributed by atoms with Crippen molar-refractivity contribution >= 4 is 23.5 Å². The van der Waals surface area contributed by atoms with E-state index in [1.807, 2.05) is 11.8 Å². The number of hydrogen-bond acceptors (Lipinski definition) is 6. The van der Waals surface area contributed by atoms with Crippen LogP contribution in [0.25, 0.3) is 0 Å². The molecule has 0 radical (unpaired) electrons. The van der Waals surface area contributed by atoms with Gasteiger partial charge in [-0.1, -0.05) is 0 Å². The first-order valence-corrected chi connectivity index (χ1v) is 6.51. The lowest BCUT2D eigenvalue weighted by molar-refractivity contribution is 0.122. The van der Waals surface area contributed by atoms with Gasteiger partial charge in [-0.15, -0.1) is 12.3 Å². The van der Waals surface area contributed by atoms with Crippen LogP contribution in [-0.4, -0.2) is 47.3 Å². The molecule has 102 valence electrons. The van der Waals surface area contributed by atoms with Gasteiger partial charge < -0.3 is 15.0 Å². The Morgan fingerprint density at radius 2 is 2.16 bits per heavy atom. The summed E-state index contributed by atoms with van der Waals surface area (Å²) in [4.78, 5) is 14.6. The molecule has 0 aliphatic carbocycles. The van der Waals surface area contributed by atoms with E-state index in [1.54, 1.807) is 0 Å². The Balaban J connectivity index is 2.12. The number of ether oxygens (including phenoxy) is 1. The summed E-state index contributed by atoms with van der Waals surface area (Å²) in [7, 11) is 0. The molecule has 1 unspecified atom stereocenters. The second-order valence-corrected chi connectivity index (χ2v) is 4.62. The molecule has 1 fully saturated rings. The third kappa shape index (κ3) is 3.94. The van der Waals surface area contributed by atoms with E-state index < -0.39 is 0 Å². The second-order valence-electron chi connectivity index (χ2n) is 4.28. The number of halogens is 1. The quantitative estimate of drug-likeness (QED) is 0.837. The molecule has 2 rings (SSSR count). The molecule has 6 nitrogen and oxygen atoms in total. The van der Waals surface area contributed by atoms with Crippen LogP contribution in [0.15, 0.2) is 0 Å². The minimum Gasteiger partial charge on any atom is -0.378 e. The van der Waals surface area contributed by atoms with E-state index in [0.29, 0.717) is 31.5 Å². The normalized spacial score (nSPS) is 16.8. The number of aromatic nitrogens is 3. The summed E-state index contributed by atoms with van der Waals surface area (Å²) in [6.45, 7) is 4.80. The molecule has 7 heteroatoms. The molecule has 0 saturated carbocycles. The van der Waals surface area contributed by atoms with Gasteiger partial charge in [-0.25, -0.2) is 0 Å². The summed E-state index contributed by atoms with van der Waals surface area (Å²) in [6, 6.07) is 0.0843. The van der Waals surface area contributed by atoms with Gasteiger partial charge in [-0.2, -0.15) is 15.0 Å². The lowest BCUT2D eigenvalue weighted by atomic mass is 10.2. The Hall–Kier alpha value is -1.58. The van der Waals surface area contributed by atoms with Gasteiger partial charge >= 0.3 is 0 Å². The highest BCUT2D eigenvalue weighted by Gasteiger charge is 2.16. The number of hydrogen-bond donors (Lipinski definition) is 1. The van der Waals surface area contributed by atoms with Gasteiger partial charge in [0.2, 0.25) is 17.2 Å². The molecule has 0 bridgehead atoms. The summed E-state index contributed by atoms with van der Waals surface area (Å²) in [5.74, 6) is 3.60. The van der Waals surface area contributed by atoms with Crippen LogP contribution >= 0.6 is 11.6 Å². The molecule has 1 aliphatic heterocycles. The molecule has 1 atom stereocenters. The minimum absolute atomic E-state index is 0.0843. The molecular formula is C12H16ClN5O. The number of terminal acetylenes is 1. The molecule has 1 saturated heterocycles. The molecule has 1 aromatic heterocycles. The molecule has 0 amide bonds. The van der Waals surface area contributed by atoms with Crippen molar-refractivity contribution < 1.29 is 4.74 Å². The monoisotopic (exact) mass is 281 g/mol. The van der Waals surface area contributed by atoms with Crippen molar-refractivity contribution in [3.05, 3.63) is 5.28 Å². The van der Waals surface area contributed by atoms with Crippen molar-refractivity contribution in [1.29, 1.82) is 0 Å². The summed E-state index contributed by atoms with van der Waals surface area (Å²) in [5, 5.41) is 3.29. The van der Waals surface area contributed by atoms with Crippen molar-refractivity contribution in [1.82, 2.24) is 15.0 Å². The molecular weight excluding hydrogens is 266 g/mol. The number of rotatable bonds is 4. The van der Waals surface area contributed by atoms with Crippen LogP contribution in [0.3, 0.4) is 0 Å². The standard InChI is InChI=1S/C12H16ClN5O/c1-3-4-9(2)14-11-15-10(13)16-12(17-11)18-5-7-19-8-6-18/h1,9H,4-8H2,2H3,(H,14,15,16,17). The van der Waals surface area contributed by atoms with Gasteiger partial charge in [0.25, 0.3) is 0 Å². The first-order chi connectivity index (χ1) is 9.19. The second kappa shape index (κ2) is 6.55. The average Bonchev–Trinajstić information content (AvgIpc) is 2.39. The summed E-state index contributed by atoms with van der Waals surface area (Å²) in [6.07, 6.45) is 5.86. The van der Waals surface area contributed by atoms with E-state index in [0.717, 1.165) is 13.1 Å². The Morgan fingerprint density at radius 3 is 2.84 bits per heavy atom. The molecule has 1 aromatic rings. The lowest BCUT2D eigenvalue weighted by Crippen LogP contribution is -2.37. The van der Waals surface area contributed by atoms with Gasteiger partial charge in [0, 0.05) is 25.6 Å². The fourth-order valence-corrected chi connectivity index (χ4v) is 1.91. The largest absolute Gasteiger partial charge is 0.378 e. The van der Waals surface area contributed by atoms with Crippen LogP contribution in [0.4, 0.5) is 11.9 Å². The van der Waals surface area contributed by atoms with Crippen LogP contribution in [0, 0.1) is 12.3 Å².